The molecule has 0 bridgehead atoms. The van der Waals surface area contributed by atoms with Gasteiger partial charge in [0, 0.05) is 61.0 Å². The topological polar surface area (TPSA) is 101 Å². The SMILES string of the molecule is C=CCOC(=O)c1ccc(N2CCN(C(=O)c3cc(-n4cc(-c5cncc(O)c5)cn4)cc(C(F)(F)F)c3)CC2)cc1. The van der Waals surface area contributed by atoms with E-state index >= 15 is 0 Å². The number of pyridine rings is 1. The fraction of sp³-hybridized carbons (Fsp3) is 0.200. The first-order valence-electron chi connectivity index (χ1n) is 13.0. The van der Waals surface area contributed by atoms with Gasteiger partial charge in [-0.1, -0.05) is 12.7 Å². The van der Waals surface area contributed by atoms with Gasteiger partial charge in [0.25, 0.3) is 5.91 Å². The number of anilines is 1. The number of carbonyl (C=O) groups is 2. The van der Waals surface area contributed by atoms with Gasteiger partial charge in [0.2, 0.25) is 0 Å². The Labute approximate surface area is 239 Å². The van der Waals surface area contributed by atoms with Gasteiger partial charge in [-0.25, -0.2) is 9.48 Å². The number of esters is 1. The smallest absolute Gasteiger partial charge is 0.416 e. The van der Waals surface area contributed by atoms with E-state index in [2.05, 4.69) is 16.7 Å². The summed E-state index contributed by atoms with van der Waals surface area (Å²) in [7, 11) is 0. The van der Waals surface area contributed by atoms with Crippen LogP contribution in [0.3, 0.4) is 0 Å². The van der Waals surface area contributed by atoms with Crippen molar-refractivity contribution in [2.45, 2.75) is 6.18 Å². The molecule has 1 N–H and O–H groups in total. The van der Waals surface area contributed by atoms with E-state index in [0.717, 1.165) is 17.8 Å². The highest BCUT2D eigenvalue weighted by Gasteiger charge is 2.33. The quantitative estimate of drug-likeness (QED) is 0.245. The van der Waals surface area contributed by atoms with Crippen molar-refractivity contribution < 1.29 is 32.6 Å². The minimum atomic E-state index is -4.68. The summed E-state index contributed by atoms with van der Waals surface area (Å²) in [6.45, 7) is 5.13. The highest BCUT2D eigenvalue weighted by Crippen LogP contribution is 2.33. The largest absolute Gasteiger partial charge is 0.506 e. The Morgan fingerprint density at radius 2 is 1.67 bits per heavy atom. The van der Waals surface area contributed by atoms with Crippen molar-refractivity contribution >= 4 is 17.6 Å². The third-order valence-electron chi connectivity index (χ3n) is 6.76. The van der Waals surface area contributed by atoms with Crippen molar-refractivity contribution in [2.75, 3.05) is 37.7 Å². The van der Waals surface area contributed by atoms with Crippen LogP contribution in [0.5, 0.6) is 5.75 Å². The van der Waals surface area contributed by atoms with Gasteiger partial charge in [0.05, 0.1) is 29.2 Å². The van der Waals surface area contributed by atoms with Crippen molar-refractivity contribution in [1.82, 2.24) is 19.7 Å². The molecule has 5 rings (SSSR count). The van der Waals surface area contributed by atoms with Crippen molar-refractivity contribution in [3.05, 3.63) is 103 Å². The average molecular weight is 578 g/mol. The Hall–Kier alpha value is -5.13. The molecule has 0 aliphatic carbocycles. The zero-order valence-corrected chi connectivity index (χ0v) is 22.3. The lowest BCUT2D eigenvalue weighted by Gasteiger charge is -2.36. The van der Waals surface area contributed by atoms with Gasteiger partial charge in [-0.3, -0.25) is 9.78 Å². The van der Waals surface area contributed by atoms with E-state index in [1.165, 1.54) is 52.6 Å². The van der Waals surface area contributed by atoms with Crippen LogP contribution in [0.4, 0.5) is 18.9 Å². The molecule has 1 aliphatic rings. The second-order valence-corrected chi connectivity index (χ2v) is 9.58. The highest BCUT2D eigenvalue weighted by molar-refractivity contribution is 5.95. The molecule has 1 amide bonds. The number of piperazine rings is 1. The number of halogens is 3. The third kappa shape index (κ3) is 6.27. The number of nitrogens with zero attached hydrogens (tertiary/aromatic N) is 5. The number of rotatable bonds is 7. The summed E-state index contributed by atoms with van der Waals surface area (Å²) < 4.78 is 47.8. The van der Waals surface area contributed by atoms with E-state index in [0.29, 0.717) is 42.9 Å². The van der Waals surface area contributed by atoms with Crippen LogP contribution in [-0.2, 0) is 10.9 Å². The van der Waals surface area contributed by atoms with Crippen LogP contribution in [0.1, 0.15) is 26.3 Å². The van der Waals surface area contributed by atoms with Crippen LogP contribution in [0, 0.1) is 0 Å². The first-order valence-corrected chi connectivity index (χ1v) is 13.0. The maximum Gasteiger partial charge on any atom is 0.416 e. The number of ether oxygens (including phenoxy) is 1. The number of aromatic nitrogens is 3. The number of alkyl halides is 3. The normalized spacial score (nSPS) is 13.6. The average Bonchev–Trinajstić information content (AvgIpc) is 3.50. The van der Waals surface area contributed by atoms with Gasteiger partial charge in [0.15, 0.2) is 0 Å². The lowest BCUT2D eigenvalue weighted by molar-refractivity contribution is -0.137. The van der Waals surface area contributed by atoms with Gasteiger partial charge < -0.3 is 19.6 Å². The van der Waals surface area contributed by atoms with Crippen LogP contribution in [0.2, 0.25) is 0 Å². The Morgan fingerprint density at radius 3 is 2.33 bits per heavy atom. The molecule has 12 heteroatoms. The molecular formula is C30H26F3N5O4. The van der Waals surface area contributed by atoms with E-state index in [9.17, 15) is 27.9 Å². The summed E-state index contributed by atoms with van der Waals surface area (Å²) in [6.07, 6.45) is 2.50. The standard InChI is InChI=1S/C30H26F3N5O4/c1-2-11-42-29(41)20-3-5-25(6-4-20)36-7-9-37(10-8-36)28(40)21-12-24(30(31,32)33)15-26(13-21)38-19-23(17-35-38)22-14-27(39)18-34-16-22/h2-6,12-19,39H,1,7-11H2. The van der Waals surface area contributed by atoms with E-state index in [4.69, 9.17) is 4.74 Å². The molecule has 0 saturated carbocycles. The van der Waals surface area contributed by atoms with Crippen LogP contribution < -0.4 is 4.90 Å². The zero-order chi connectivity index (χ0) is 29.9. The molecule has 216 valence electrons. The Morgan fingerprint density at radius 1 is 0.929 bits per heavy atom. The molecule has 3 heterocycles. The number of aromatic hydroxyl groups is 1. The van der Waals surface area contributed by atoms with Gasteiger partial charge >= 0.3 is 12.1 Å². The predicted molar refractivity (Wildman–Crippen MR) is 148 cm³/mol. The fourth-order valence-corrected chi connectivity index (χ4v) is 4.61. The van der Waals surface area contributed by atoms with E-state index in [-0.39, 0.29) is 23.6 Å². The Balaban J connectivity index is 1.32. The van der Waals surface area contributed by atoms with Crippen molar-refractivity contribution in [3.8, 4) is 22.6 Å². The van der Waals surface area contributed by atoms with Gasteiger partial charge in [0.1, 0.15) is 12.4 Å². The second-order valence-electron chi connectivity index (χ2n) is 9.58. The molecule has 1 saturated heterocycles. The van der Waals surface area contributed by atoms with Crippen molar-refractivity contribution in [2.24, 2.45) is 0 Å². The maximum absolute atomic E-state index is 13.8. The summed E-state index contributed by atoms with van der Waals surface area (Å²) in [5.74, 6) is -1.04. The van der Waals surface area contributed by atoms with Crippen LogP contribution in [0.25, 0.3) is 16.8 Å². The molecule has 4 aromatic rings. The molecule has 2 aromatic carbocycles. The molecular weight excluding hydrogens is 551 g/mol. The minimum absolute atomic E-state index is 0.0618. The first kappa shape index (κ1) is 28.4. The number of hydrogen-bond donors (Lipinski definition) is 1. The van der Waals surface area contributed by atoms with E-state index in [1.807, 2.05) is 4.90 Å². The summed E-state index contributed by atoms with van der Waals surface area (Å²) in [5.41, 5.74) is 1.30. The molecule has 1 fully saturated rings. The fourth-order valence-electron chi connectivity index (χ4n) is 4.61. The van der Waals surface area contributed by atoms with Crippen molar-refractivity contribution in [1.29, 1.82) is 0 Å². The summed E-state index contributed by atoms with van der Waals surface area (Å²) in [5, 5.41) is 13.9. The lowest BCUT2D eigenvalue weighted by atomic mass is 10.1. The van der Waals surface area contributed by atoms with Crippen LogP contribution in [0.15, 0.2) is 86.0 Å². The lowest BCUT2D eigenvalue weighted by Crippen LogP contribution is -2.48. The first-order chi connectivity index (χ1) is 20.1. The molecule has 42 heavy (non-hydrogen) atoms. The summed E-state index contributed by atoms with van der Waals surface area (Å²) in [4.78, 5) is 32.9. The molecule has 0 radical (unpaired) electrons. The van der Waals surface area contributed by atoms with Crippen LogP contribution in [-0.4, -0.2) is 69.4 Å². The van der Waals surface area contributed by atoms with Gasteiger partial charge in [-0.2, -0.15) is 18.3 Å². The van der Waals surface area contributed by atoms with E-state index < -0.39 is 23.6 Å². The molecule has 0 spiro atoms. The monoisotopic (exact) mass is 577 g/mol. The Bertz CT molecular complexity index is 1610. The summed E-state index contributed by atoms with van der Waals surface area (Å²) in [6, 6.07) is 11.5. The van der Waals surface area contributed by atoms with Crippen LogP contribution >= 0.6 is 0 Å². The molecule has 2 aromatic heterocycles. The van der Waals surface area contributed by atoms with Gasteiger partial charge in [-0.15, -0.1) is 0 Å². The highest BCUT2D eigenvalue weighted by atomic mass is 19.4. The number of hydrogen-bond acceptors (Lipinski definition) is 7. The molecule has 9 nitrogen and oxygen atoms in total. The number of benzene rings is 2. The Kier molecular flexibility index (Phi) is 7.96. The molecule has 0 unspecified atom stereocenters. The third-order valence-corrected chi connectivity index (χ3v) is 6.76. The van der Waals surface area contributed by atoms with Gasteiger partial charge in [-0.05, 0) is 48.5 Å². The maximum atomic E-state index is 13.8. The van der Waals surface area contributed by atoms with Crippen molar-refractivity contribution in [3.63, 3.8) is 0 Å². The number of carbonyl (C=O) groups excluding carboxylic acids is 2. The number of amides is 1. The summed E-state index contributed by atoms with van der Waals surface area (Å²) >= 11 is 0. The van der Waals surface area contributed by atoms with E-state index in [1.54, 1.807) is 24.3 Å². The predicted octanol–water partition coefficient (Wildman–Crippen LogP) is 4.96. The molecule has 1 aliphatic heterocycles. The minimum Gasteiger partial charge on any atom is -0.506 e. The molecule has 0 atom stereocenters. The zero-order valence-electron chi connectivity index (χ0n) is 22.3. The second kappa shape index (κ2) is 11.8.